The highest BCUT2D eigenvalue weighted by molar-refractivity contribution is 14.1. The van der Waals surface area contributed by atoms with Crippen molar-refractivity contribution < 1.29 is 9.53 Å². The zero-order chi connectivity index (χ0) is 14.2. The number of rotatable bonds is 1. The number of amides is 1. The van der Waals surface area contributed by atoms with Crippen LogP contribution in [-0.4, -0.2) is 49.7 Å². The van der Waals surface area contributed by atoms with Crippen LogP contribution in [0.2, 0.25) is 0 Å². The summed E-state index contributed by atoms with van der Waals surface area (Å²) >= 11 is 2.28. The van der Waals surface area contributed by atoms with Crippen molar-refractivity contribution in [1.29, 1.82) is 0 Å². The van der Waals surface area contributed by atoms with Gasteiger partial charge in [0.2, 0.25) is 0 Å². The highest BCUT2D eigenvalue weighted by atomic mass is 127. The fourth-order valence-corrected chi connectivity index (χ4v) is 3.26. The van der Waals surface area contributed by atoms with Gasteiger partial charge >= 0.3 is 0 Å². The predicted octanol–water partition coefficient (Wildman–Crippen LogP) is 2.12. The van der Waals surface area contributed by atoms with Crippen molar-refractivity contribution in [3.05, 3.63) is 27.8 Å². The molecule has 108 valence electrons. The van der Waals surface area contributed by atoms with E-state index in [1.165, 1.54) is 3.57 Å². The molecule has 1 aromatic rings. The molecule has 0 aromatic heterocycles. The van der Waals surface area contributed by atoms with Gasteiger partial charge in [0, 0.05) is 22.3 Å². The third-order valence-corrected chi connectivity index (χ3v) is 5.00. The molecule has 2 aliphatic heterocycles. The van der Waals surface area contributed by atoms with Crippen LogP contribution in [0.1, 0.15) is 12.8 Å². The van der Waals surface area contributed by atoms with Crippen LogP contribution in [0.4, 0.5) is 5.69 Å². The SMILES string of the molecule is CN1CCC2(CC1)CN(c1ccc(I)cc1)C(=O)CO2. The summed E-state index contributed by atoms with van der Waals surface area (Å²) in [6.45, 7) is 2.96. The average Bonchev–Trinajstić information content (AvgIpc) is 2.46. The molecule has 0 radical (unpaired) electrons. The Kier molecular flexibility index (Phi) is 4.01. The van der Waals surface area contributed by atoms with Crippen LogP contribution in [-0.2, 0) is 9.53 Å². The molecule has 0 aliphatic carbocycles. The van der Waals surface area contributed by atoms with Gasteiger partial charge in [0.25, 0.3) is 5.91 Å². The fourth-order valence-electron chi connectivity index (χ4n) is 2.90. The second-order valence-electron chi connectivity index (χ2n) is 5.73. The normalized spacial score (nSPS) is 23.3. The highest BCUT2D eigenvalue weighted by Gasteiger charge is 2.42. The number of piperidine rings is 1. The predicted molar refractivity (Wildman–Crippen MR) is 86.9 cm³/mol. The molecule has 2 aliphatic rings. The number of benzene rings is 1. The summed E-state index contributed by atoms with van der Waals surface area (Å²) in [6, 6.07) is 8.13. The lowest BCUT2D eigenvalue weighted by molar-refractivity contribution is -0.144. The highest BCUT2D eigenvalue weighted by Crippen LogP contribution is 2.32. The first-order chi connectivity index (χ1) is 9.58. The van der Waals surface area contributed by atoms with E-state index in [-0.39, 0.29) is 18.1 Å². The maximum Gasteiger partial charge on any atom is 0.253 e. The Morgan fingerprint density at radius 3 is 2.50 bits per heavy atom. The van der Waals surface area contributed by atoms with Crippen molar-refractivity contribution in [1.82, 2.24) is 4.90 Å². The van der Waals surface area contributed by atoms with Crippen LogP contribution in [0.25, 0.3) is 0 Å². The van der Waals surface area contributed by atoms with Gasteiger partial charge in [-0.3, -0.25) is 4.79 Å². The van der Waals surface area contributed by atoms with Gasteiger partial charge in [-0.25, -0.2) is 0 Å². The molecule has 0 unspecified atom stereocenters. The van der Waals surface area contributed by atoms with Crippen LogP contribution < -0.4 is 4.90 Å². The quantitative estimate of drug-likeness (QED) is 0.694. The van der Waals surface area contributed by atoms with Gasteiger partial charge in [0.05, 0.1) is 12.1 Å². The molecule has 2 heterocycles. The molecule has 0 N–H and O–H groups in total. The molecule has 4 nitrogen and oxygen atoms in total. The largest absolute Gasteiger partial charge is 0.363 e. The Morgan fingerprint density at radius 2 is 1.85 bits per heavy atom. The Labute approximate surface area is 133 Å². The summed E-state index contributed by atoms with van der Waals surface area (Å²) in [6.07, 6.45) is 2.00. The summed E-state index contributed by atoms with van der Waals surface area (Å²) in [4.78, 5) is 16.4. The van der Waals surface area contributed by atoms with E-state index in [9.17, 15) is 4.79 Å². The number of nitrogens with zero attached hydrogens (tertiary/aromatic N) is 2. The van der Waals surface area contributed by atoms with Gasteiger partial charge in [-0.05, 0) is 66.7 Å². The van der Waals surface area contributed by atoms with Gasteiger partial charge in [0.15, 0.2) is 0 Å². The summed E-state index contributed by atoms with van der Waals surface area (Å²) in [5, 5.41) is 0. The lowest BCUT2D eigenvalue weighted by atomic mass is 9.89. The number of hydrogen-bond donors (Lipinski definition) is 0. The van der Waals surface area contributed by atoms with Crippen LogP contribution in [0.5, 0.6) is 0 Å². The Hall–Kier alpha value is -0.660. The third kappa shape index (κ3) is 2.84. The van der Waals surface area contributed by atoms with Gasteiger partial charge < -0.3 is 14.5 Å². The summed E-state index contributed by atoms with van der Waals surface area (Å²) < 4.78 is 7.10. The number of ether oxygens (including phenoxy) is 1. The molecule has 1 amide bonds. The molecule has 5 heteroatoms. The van der Waals surface area contributed by atoms with Crippen LogP contribution in [0.3, 0.4) is 0 Å². The summed E-state index contributed by atoms with van der Waals surface area (Å²) in [5.74, 6) is 0.0655. The lowest BCUT2D eigenvalue weighted by Gasteiger charge is -2.46. The monoisotopic (exact) mass is 386 g/mol. The van der Waals surface area contributed by atoms with E-state index in [1.54, 1.807) is 0 Å². The van der Waals surface area contributed by atoms with Crippen molar-refractivity contribution in [2.45, 2.75) is 18.4 Å². The Bertz CT molecular complexity index is 495. The van der Waals surface area contributed by atoms with Crippen molar-refractivity contribution >= 4 is 34.2 Å². The topological polar surface area (TPSA) is 32.8 Å². The Balaban J connectivity index is 1.80. The van der Waals surface area contributed by atoms with Crippen LogP contribution in [0.15, 0.2) is 24.3 Å². The van der Waals surface area contributed by atoms with Crippen molar-refractivity contribution in [2.24, 2.45) is 0 Å². The standard InChI is InChI=1S/C15H19IN2O2/c1-17-8-6-15(7-9-17)11-18(14(19)10-20-15)13-4-2-12(16)3-5-13/h2-5H,6-11H2,1H3. The molecular formula is C15H19IN2O2. The molecule has 2 fully saturated rings. The second kappa shape index (κ2) is 5.61. The molecule has 3 rings (SSSR count). The number of carbonyl (C=O) groups excluding carboxylic acids is 1. The van der Waals surface area contributed by atoms with E-state index in [1.807, 2.05) is 29.2 Å². The average molecular weight is 386 g/mol. The molecule has 1 aromatic carbocycles. The number of morpholine rings is 1. The molecule has 1 spiro atoms. The minimum atomic E-state index is -0.149. The van der Waals surface area contributed by atoms with Crippen LogP contribution >= 0.6 is 22.6 Å². The first-order valence-electron chi connectivity index (χ1n) is 6.96. The number of likely N-dealkylation sites (tertiary alicyclic amines) is 1. The molecule has 0 bridgehead atoms. The number of hydrogen-bond acceptors (Lipinski definition) is 3. The van der Waals surface area contributed by atoms with E-state index in [2.05, 4.69) is 34.5 Å². The third-order valence-electron chi connectivity index (χ3n) is 4.29. The van der Waals surface area contributed by atoms with E-state index in [0.29, 0.717) is 6.54 Å². The summed E-state index contributed by atoms with van der Waals surface area (Å²) in [7, 11) is 2.14. The minimum Gasteiger partial charge on any atom is -0.363 e. The molecule has 2 saturated heterocycles. The van der Waals surface area contributed by atoms with E-state index in [0.717, 1.165) is 31.6 Å². The zero-order valence-corrected chi connectivity index (χ0v) is 13.8. The first-order valence-corrected chi connectivity index (χ1v) is 8.04. The van der Waals surface area contributed by atoms with Gasteiger partial charge in [-0.1, -0.05) is 0 Å². The van der Waals surface area contributed by atoms with Gasteiger partial charge in [0.1, 0.15) is 6.61 Å². The zero-order valence-electron chi connectivity index (χ0n) is 11.6. The summed E-state index contributed by atoms with van der Waals surface area (Å²) in [5.41, 5.74) is 0.834. The van der Waals surface area contributed by atoms with Gasteiger partial charge in [-0.15, -0.1) is 0 Å². The van der Waals surface area contributed by atoms with Crippen molar-refractivity contribution in [3.8, 4) is 0 Å². The number of carbonyl (C=O) groups is 1. The Morgan fingerprint density at radius 1 is 1.20 bits per heavy atom. The van der Waals surface area contributed by atoms with E-state index in [4.69, 9.17) is 4.74 Å². The smallest absolute Gasteiger partial charge is 0.253 e. The second-order valence-corrected chi connectivity index (χ2v) is 6.98. The van der Waals surface area contributed by atoms with E-state index >= 15 is 0 Å². The van der Waals surface area contributed by atoms with Crippen molar-refractivity contribution in [3.63, 3.8) is 0 Å². The first kappa shape index (κ1) is 14.3. The van der Waals surface area contributed by atoms with Crippen molar-refractivity contribution in [2.75, 3.05) is 38.2 Å². The minimum absolute atomic E-state index is 0.0655. The lowest BCUT2D eigenvalue weighted by Crippen LogP contribution is -2.58. The number of halogens is 1. The van der Waals surface area contributed by atoms with E-state index < -0.39 is 0 Å². The molecular weight excluding hydrogens is 367 g/mol. The fraction of sp³-hybridized carbons (Fsp3) is 0.533. The maximum absolute atomic E-state index is 12.2. The van der Waals surface area contributed by atoms with Gasteiger partial charge in [-0.2, -0.15) is 0 Å². The van der Waals surface area contributed by atoms with Crippen LogP contribution in [0, 0.1) is 3.57 Å². The number of anilines is 1. The molecule has 20 heavy (non-hydrogen) atoms. The molecule has 0 atom stereocenters. The maximum atomic E-state index is 12.2. The molecule has 0 saturated carbocycles.